The Morgan fingerprint density at radius 2 is 2.11 bits per heavy atom. The molecule has 0 aliphatic carbocycles. The van der Waals surface area contributed by atoms with Gasteiger partial charge in [-0.05, 0) is 24.6 Å². The van der Waals surface area contributed by atoms with E-state index in [0.29, 0.717) is 5.69 Å². The number of hydrogen-bond donors (Lipinski definition) is 1. The Balaban J connectivity index is 2.51. The molecule has 0 atom stereocenters. The van der Waals surface area contributed by atoms with E-state index < -0.39 is 4.92 Å². The van der Waals surface area contributed by atoms with E-state index in [0.717, 1.165) is 5.56 Å². The van der Waals surface area contributed by atoms with Crippen LogP contribution in [0.15, 0.2) is 30.5 Å². The average molecular weight is 265 g/mol. The Morgan fingerprint density at radius 1 is 1.39 bits per heavy atom. The van der Waals surface area contributed by atoms with E-state index in [1.54, 1.807) is 19.2 Å². The second kappa shape index (κ2) is 4.62. The van der Waals surface area contributed by atoms with Gasteiger partial charge in [0, 0.05) is 23.9 Å². The summed E-state index contributed by atoms with van der Waals surface area (Å²) >= 11 is 5.91. The van der Waals surface area contributed by atoms with Crippen molar-refractivity contribution in [1.82, 2.24) is 4.98 Å². The van der Waals surface area contributed by atoms with E-state index in [4.69, 9.17) is 11.6 Å². The molecule has 0 saturated carbocycles. The predicted octanol–water partition coefficient (Wildman–Crippen LogP) is 3.12. The standard InChI is InChI=1S/C12H9ClN2O3/c1-7-4-5-14-11(7)12(16)9-6-8(15(17)18)2-3-10(9)13/h2-6,14H,1H3. The van der Waals surface area contributed by atoms with Gasteiger partial charge in [-0.3, -0.25) is 14.9 Å². The van der Waals surface area contributed by atoms with Crippen LogP contribution in [0, 0.1) is 17.0 Å². The largest absolute Gasteiger partial charge is 0.358 e. The fourth-order valence-corrected chi connectivity index (χ4v) is 1.83. The van der Waals surface area contributed by atoms with Crippen molar-refractivity contribution in [2.75, 3.05) is 0 Å². The first kappa shape index (κ1) is 12.3. The van der Waals surface area contributed by atoms with Crippen molar-refractivity contribution in [3.8, 4) is 0 Å². The molecular formula is C12H9ClN2O3. The fraction of sp³-hybridized carbons (Fsp3) is 0.0833. The molecule has 92 valence electrons. The molecule has 6 heteroatoms. The average Bonchev–Trinajstić information content (AvgIpc) is 2.75. The maximum atomic E-state index is 12.2. The molecule has 18 heavy (non-hydrogen) atoms. The van der Waals surface area contributed by atoms with Gasteiger partial charge in [0.1, 0.15) is 0 Å². The molecule has 2 rings (SSSR count). The predicted molar refractivity (Wildman–Crippen MR) is 67.1 cm³/mol. The van der Waals surface area contributed by atoms with Gasteiger partial charge in [-0.25, -0.2) is 0 Å². The minimum Gasteiger partial charge on any atom is -0.358 e. The van der Waals surface area contributed by atoms with Crippen LogP contribution in [-0.4, -0.2) is 15.7 Å². The lowest BCUT2D eigenvalue weighted by Crippen LogP contribution is -2.05. The zero-order valence-corrected chi connectivity index (χ0v) is 10.2. The van der Waals surface area contributed by atoms with Gasteiger partial charge in [0.25, 0.3) is 5.69 Å². The van der Waals surface area contributed by atoms with Gasteiger partial charge >= 0.3 is 0 Å². The summed E-state index contributed by atoms with van der Waals surface area (Å²) in [4.78, 5) is 25.1. The smallest absolute Gasteiger partial charge is 0.270 e. The molecule has 0 amide bonds. The second-order valence-corrected chi connectivity index (χ2v) is 4.19. The second-order valence-electron chi connectivity index (χ2n) is 3.79. The van der Waals surface area contributed by atoms with Crippen LogP contribution < -0.4 is 0 Å². The van der Waals surface area contributed by atoms with Gasteiger partial charge in [0.15, 0.2) is 0 Å². The number of non-ortho nitro benzene ring substituents is 1. The molecule has 0 saturated heterocycles. The minimum absolute atomic E-state index is 0.122. The SMILES string of the molecule is Cc1cc[nH]c1C(=O)c1cc([N+](=O)[O-])ccc1Cl. The van der Waals surface area contributed by atoms with Gasteiger partial charge in [0.2, 0.25) is 5.78 Å². The summed E-state index contributed by atoms with van der Waals surface area (Å²) in [6.07, 6.45) is 1.63. The number of nitrogens with zero attached hydrogens (tertiary/aromatic N) is 1. The topological polar surface area (TPSA) is 76.0 Å². The summed E-state index contributed by atoms with van der Waals surface area (Å²) in [6, 6.07) is 5.55. The highest BCUT2D eigenvalue weighted by Gasteiger charge is 2.19. The van der Waals surface area contributed by atoms with Crippen molar-refractivity contribution in [1.29, 1.82) is 0 Å². The summed E-state index contributed by atoms with van der Waals surface area (Å²) in [5, 5.41) is 10.9. The number of H-pyrrole nitrogens is 1. The van der Waals surface area contributed by atoms with Crippen LogP contribution >= 0.6 is 11.6 Å². The summed E-state index contributed by atoms with van der Waals surface area (Å²) in [5.41, 5.74) is 1.11. The lowest BCUT2D eigenvalue weighted by atomic mass is 10.1. The Labute approximate surface area is 108 Å². The number of aromatic nitrogens is 1. The Kier molecular flexibility index (Phi) is 3.16. The summed E-state index contributed by atoms with van der Waals surface area (Å²) < 4.78 is 0. The van der Waals surface area contributed by atoms with Gasteiger partial charge in [0.05, 0.1) is 15.6 Å². The highest BCUT2D eigenvalue weighted by molar-refractivity contribution is 6.35. The van der Waals surface area contributed by atoms with Crippen LogP contribution in [-0.2, 0) is 0 Å². The highest BCUT2D eigenvalue weighted by Crippen LogP contribution is 2.25. The minimum atomic E-state index is -0.561. The number of nitro groups is 1. The number of aromatic amines is 1. The number of hydrogen-bond acceptors (Lipinski definition) is 3. The Hall–Kier alpha value is -2.14. The van der Waals surface area contributed by atoms with Crippen molar-refractivity contribution in [3.05, 3.63) is 62.4 Å². The number of halogens is 1. The first-order valence-corrected chi connectivity index (χ1v) is 5.51. The monoisotopic (exact) mass is 264 g/mol. The molecule has 2 aromatic rings. The summed E-state index contributed by atoms with van der Waals surface area (Å²) in [7, 11) is 0. The highest BCUT2D eigenvalue weighted by atomic mass is 35.5. The number of rotatable bonds is 3. The molecule has 0 bridgehead atoms. The zero-order chi connectivity index (χ0) is 13.3. The van der Waals surface area contributed by atoms with Crippen LogP contribution in [0.5, 0.6) is 0 Å². The van der Waals surface area contributed by atoms with E-state index in [1.807, 2.05) is 0 Å². The maximum Gasteiger partial charge on any atom is 0.270 e. The van der Waals surface area contributed by atoms with Crippen LogP contribution in [0.3, 0.4) is 0 Å². The number of nitro benzene ring substituents is 1. The number of aryl methyl sites for hydroxylation is 1. The van der Waals surface area contributed by atoms with Crippen LogP contribution in [0.2, 0.25) is 5.02 Å². The molecule has 0 aliphatic rings. The Morgan fingerprint density at radius 3 is 2.67 bits per heavy atom. The molecule has 0 aliphatic heterocycles. The normalized spacial score (nSPS) is 10.3. The molecule has 0 spiro atoms. The van der Waals surface area contributed by atoms with Crippen molar-refractivity contribution < 1.29 is 9.72 Å². The van der Waals surface area contributed by atoms with Crippen molar-refractivity contribution in [3.63, 3.8) is 0 Å². The zero-order valence-electron chi connectivity index (χ0n) is 9.44. The van der Waals surface area contributed by atoms with E-state index in [-0.39, 0.29) is 22.1 Å². The first-order chi connectivity index (χ1) is 8.50. The first-order valence-electron chi connectivity index (χ1n) is 5.13. The van der Waals surface area contributed by atoms with Gasteiger partial charge in [-0.2, -0.15) is 0 Å². The molecule has 1 N–H and O–H groups in total. The van der Waals surface area contributed by atoms with Crippen LogP contribution in [0.4, 0.5) is 5.69 Å². The molecule has 1 aromatic heterocycles. The van der Waals surface area contributed by atoms with E-state index in [1.165, 1.54) is 18.2 Å². The van der Waals surface area contributed by atoms with Crippen LogP contribution in [0.25, 0.3) is 0 Å². The van der Waals surface area contributed by atoms with Gasteiger partial charge < -0.3 is 4.98 Å². The number of carbonyl (C=O) groups excluding carboxylic acids is 1. The molecule has 0 unspecified atom stereocenters. The molecule has 1 aromatic carbocycles. The number of nitrogens with one attached hydrogen (secondary N) is 1. The van der Waals surface area contributed by atoms with Crippen LogP contribution in [0.1, 0.15) is 21.6 Å². The van der Waals surface area contributed by atoms with Gasteiger partial charge in [-0.15, -0.1) is 0 Å². The van der Waals surface area contributed by atoms with E-state index in [9.17, 15) is 14.9 Å². The third-order valence-electron chi connectivity index (χ3n) is 2.59. The molecule has 1 heterocycles. The van der Waals surface area contributed by atoms with Crippen molar-refractivity contribution >= 4 is 23.1 Å². The Bertz CT molecular complexity index is 634. The quantitative estimate of drug-likeness (QED) is 0.526. The number of benzene rings is 1. The van der Waals surface area contributed by atoms with Crippen molar-refractivity contribution in [2.24, 2.45) is 0 Å². The lowest BCUT2D eigenvalue weighted by Gasteiger charge is -2.03. The molecule has 0 fully saturated rings. The van der Waals surface area contributed by atoms with E-state index in [2.05, 4.69) is 4.98 Å². The third kappa shape index (κ3) is 2.12. The van der Waals surface area contributed by atoms with Gasteiger partial charge in [-0.1, -0.05) is 11.6 Å². The third-order valence-corrected chi connectivity index (χ3v) is 2.92. The number of carbonyl (C=O) groups is 1. The number of ketones is 1. The molecule has 5 nitrogen and oxygen atoms in total. The maximum absolute atomic E-state index is 12.2. The fourth-order valence-electron chi connectivity index (χ4n) is 1.63. The van der Waals surface area contributed by atoms with E-state index >= 15 is 0 Å². The molecular weight excluding hydrogens is 256 g/mol. The lowest BCUT2D eigenvalue weighted by molar-refractivity contribution is -0.384. The van der Waals surface area contributed by atoms with Crippen molar-refractivity contribution in [2.45, 2.75) is 6.92 Å². The summed E-state index contributed by atoms with van der Waals surface area (Å²) in [6.45, 7) is 1.77. The molecule has 0 radical (unpaired) electrons. The summed E-state index contributed by atoms with van der Waals surface area (Å²) in [5.74, 6) is -0.355.